The van der Waals surface area contributed by atoms with E-state index >= 15 is 0 Å². The molecule has 2 heterocycles. The van der Waals surface area contributed by atoms with E-state index in [4.69, 9.17) is 8.83 Å². The molecule has 11 rings (SSSR count). The summed E-state index contributed by atoms with van der Waals surface area (Å²) in [5.41, 5.74) is 13.7. The Kier molecular flexibility index (Phi) is 7.17. The molecule has 0 bridgehead atoms. The molecule has 0 unspecified atom stereocenters. The van der Waals surface area contributed by atoms with Crippen molar-refractivity contribution in [3.8, 4) is 33.4 Å². The third kappa shape index (κ3) is 5.20. The van der Waals surface area contributed by atoms with Crippen LogP contribution in [0, 0.1) is 0 Å². The molecule has 0 atom stereocenters. The predicted octanol–water partition coefficient (Wildman–Crippen LogP) is 15.1. The Bertz CT molecular complexity index is 3180. The van der Waals surface area contributed by atoms with Crippen LogP contribution in [0.3, 0.4) is 0 Å². The number of hydrogen-bond donors (Lipinski definition) is 0. The van der Waals surface area contributed by atoms with Crippen LogP contribution in [0.25, 0.3) is 88.0 Å². The monoisotopic (exact) mass is 703 g/mol. The summed E-state index contributed by atoms with van der Waals surface area (Å²) >= 11 is 0. The molecule has 0 radical (unpaired) electrons. The first-order valence-corrected chi connectivity index (χ1v) is 18.7. The van der Waals surface area contributed by atoms with E-state index in [1.54, 1.807) is 0 Å². The second-order valence-corrected chi connectivity index (χ2v) is 14.1. The fraction of sp³-hybridized carbons (Fsp3) is 0. The highest BCUT2D eigenvalue weighted by Crippen LogP contribution is 2.46. The maximum absolute atomic E-state index is 6.81. The highest BCUT2D eigenvalue weighted by molar-refractivity contribution is 6.21. The van der Waals surface area contributed by atoms with Crippen molar-refractivity contribution in [1.29, 1.82) is 0 Å². The maximum atomic E-state index is 6.81. The van der Waals surface area contributed by atoms with Gasteiger partial charge in [-0.15, -0.1) is 0 Å². The lowest BCUT2D eigenvalue weighted by Crippen LogP contribution is -2.10. The summed E-state index contributed by atoms with van der Waals surface area (Å²) in [5, 5.41) is 6.70. The second kappa shape index (κ2) is 12.6. The van der Waals surface area contributed by atoms with Gasteiger partial charge >= 0.3 is 0 Å². The summed E-state index contributed by atoms with van der Waals surface area (Å²) in [7, 11) is 0. The molecule has 3 heteroatoms. The van der Waals surface area contributed by atoms with Gasteiger partial charge in [0.2, 0.25) is 0 Å². The third-order valence-corrected chi connectivity index (χ3v) is 10.9. The van der Waals surface area contributed by atoms with Crippen LogP contribution in [-0.2, 0) is 0 Å². The second-order valence-electron chi connectivity index (χ2n) is 14.1. The van der Waals surface area contributed by atoms with Gasteiger partial charge in [0.25, 0.3) is 0 Å². The summed E-state index contributed by atoms with van der Waals surface area (Å²) in [5.74, 6) is 0. The minimum absolute atomic E-state index is 0.905. The third-order valence-electron chi connectivity index (χ3n) is 10.9. The van der Waals surface area contributed by atoms with Crippen LogP contribution in [-0.4, -0.2) is 0 Å². The summed E-state index contributed by atoms with van der Waals surface area (Å²) in [6.07, 6.45) is 0. The van der Waals surface area contributed by atoms with Crippen molar-refractivity contribution in [2.75, 3.05) is 4.90 Å². The normalized spacial score (nSPS) is 11.6. The van der Waals surface area contributed by atoms with E-state index in [1.807, 2.05) is 18.2 Å². The van der Waals surface area contributed by atoms with Crippen LogP contribution >= 0.6 is 0 Å². The van der Waals surface area contributed by atoms with E-state index in [2.05, 4.69) is 187 Å². The Labute approximate surface area is 317 Å². The van der Waals surface area contributed by atoms with Crippen LogP contribution in [0.1, 0.15) is 0 Å². The number of fused-ring (bicyclic) bond motifs is 8. The SMILES string of the molecule is c1ccc(-c2cccc3c2oc2c4ccccc4c(N(c4ccccc4)c4ccc(-c5ccc(-c6ccc7c(c6)oc6ccccc67)cc5)cc4)cc32)cc1. The molecule has 11 aromatic rings. The lowest BCUT2D eigenvalue weighted by Gasteiger charge is -2.27. The molecule has 0 amide bonds. The van der Waals surface area contributed by atoms with Gasteiger partial charge in [-0.2, -0.15) is 0 Å². The zero-order chi connectivity index (χ0) is 36.3. The molecule has 9 aromatic carbocycles. The molecule has 55 heavy (non-hydrogen) atoms. The molecule has 0 aliphatic rings. The van der Waals surface area contributed by atoms with Gasteiger partial charge in [-0.3, -0.25) is 0 Å². The average molecular weight is 704 g/mol. The lowest BCUT2D eigenvalue weighted by atomic mass is 9.98. The highest BCUT2D eigenvalue weighted by atomic mass is 16.3. The van der Waals surface area contributed by atoms with Crippen LogP contribution in [0.15, 0.2) is 209 Å². The van der Waals surface area contributed by atoms with E-state index in [0.29, 0.717) is 0 Å². The van der Waals surface area contributed by atoms with E-state index < -0.39 is 0 Å². The van der Waals surface area contributed by atoms with Crippen molar-refractivity contribution in [2.45, 2.75) is 0 Å². The Morgan fingerprint density at radius 1 is 0.291 bits per heavy atom. The smallest absolute Gasteiger partial charge is 0.143 e. The van der Waals surface area contributed by atoms with Gasteiger partial charge in [0, 0.05) is 49.3 Å². The van der Waals surface area contributed by atoms with Gasteiger partial charge in [0.1, 0.15) is 22.3 Å². The molecule has 0 saturated carbocycles. The number of hydrogen-bond acceptors (Lipinski definition) is 3. The van der Waals surface area contributed by atoms with Gasteiger partial charge in [-0.05, 0) is 76.3 Å². The topological polar surface area (TPSA) is 29.5 Å². The molecule has 258 valence electrons. The largest absolute Gasteiger partial charge is 0.456 e. The van der Waals surface area contributed by atoms with Crippen molar-refractivity contribution >= 4 is 71.7 Å². The highest BCUT2D eigenvalue weighted by Gasteiger charge is 2.21. The van der Waals surface area contributed by atoms with E-state index in [1.165, 1.54) is 0 Å². The van der Waals surface area contributed by atoms with Gasteiger partial charge in [0.05, 0.1) is 5.69 Å². The summed E-state index contributed by atoms with van der Waals surface area (Å²) in [6, 6.07) is 70.9. The zero-order valence-electron chi connectivity index (χ0n) is 29.8. The van der Waals surface area contributed by atoms with E-state index in [9.17, 15) is 0 Å². The zero-order valence-corrected chi connectivity index (χ0v) is 29.8. The fourth-order valence-electron chi connectivity index (χ4n) is 8.20. The standard InChI is InChI=1S/C52H33NO2/c1-3-12-37(13-4-1)41-19-11-20-46-47-33-48(42-16-7-8-18-45(42)52(47)55-51(41)46)53(39-14-5-2-6-15-39)40-29-26-35(27-30-40)34-22-24-36(25-23-34)38-28-31-44-43-17-9-10-21-49(43)54-50(44)32-38/h1-33H. The van der Waals surface area contributed by atoms with Crippen LogP contribution in [0.2, 0.25) is 0 Å². The molecule has 2 aromatic heterocycles. The van der Waals surface area contributed by atoms with Crippen LogP contribution < -0.4 is 4.90 Å². The van der Waals surface area contributed by atoms with Crippen molar-refractivity contribution < 1.29 is 8.83 Å². The maximum Gasteiger partial charge on any atom is 0.143 e. The number of para-hydroxylation sites is 3. The number of furan rings is 2. The first-order chi connectivity index (χ1) is 27.3. The molecular formula is C52H33NO2. The molecule has 0 N–H and O–H groups in total. The van der Waals surface area contributed by atoms with Crippen LogP contribution in [0.5, 0.6) is 0 Å². The van der Waals surface area contributed by atoms with E-state index in [0.717, 1.165) is 105 Å². The number of benzene rings is 9. The Morgan fingerprint density at radius 3 is 1.60 bits per heavy atom. The molecular weight excluding hydrogens is 671 g/mol. The first-order valence-electron chi connectivity index (χ1n) is 18.7. The summed E-state index contributed by atoms with van der Waals surface area (Å²) < 4.78 is 13.0. The molecule has 0 aliphatic heterocycles. The van der Waals surface area contributed by atoms with Crippen molar-refractivity contribution in [3.05, 3.63) is 200 Å². The number of rotatable bonds is 6. The lowest BCUT2D eigenvalue weighted by molar-refractivity contribution is 0.669. The Balaban J connectivity index is 0.995. The molecule has 0 fully saturated rings. The van der Waals surface area contributed by atoms with Gasteiger partial charge in [-0.1, -0.05) is 152 Å². The first kappa shape index (κ1) is 31.2. The average Bonchev–Trinajstić information content (AvgIpc) is 3.83. The van der Waals surface area contributed by atoms with Crippen molar-refractivity contribution in [2.24, 2.45) is 0 Å². The number of nitrogens with zero attached hydrogens (tertiary/aromatic N) is 1. The Morgan fingerprint density at radius 2 is 0.836 bits per heavy atom. The number of anilines is 3. The van der Waals surface area contributed by atoms with Gasteiger partial charge < -0.3 is 13.7 Å². The van der Waals surface area contributed by atoms with Crippen molar-refractivity contribution in [1.82, 2.24) is 0 Å². The van der Waals surface area contributed by atoms with E-state index in [-0.39, 0.29) is 0 Å². The minimum Gasteiger partial charge on any atom is -0.456 e. The van der Waals surface area contributed by atoms with Crippen LogP contribution in [0.4, 0.5) is 17.1 Å². The summed E-state index contributed by atoms with van der Waals surface area (Å²) in [6.45, 7) is 0. The quantitative estimate of drug-likeness (QED) is 0.173. The predicted molar refractivity (Wildman–Crippen MR) is 229 cm³/mol. The Hall–Kier alpha value is -7.36. The summed E-state index contributed by atoms with van der Waals surface area (Å²) in [4.78, 5) is 2.36. The molecule has 3 nitrogen and oxygen atoms in total. The molecule has 0 aliphatic carbocycles. The minimum atomic E-state index is 0.905. The fourth-order valence-corrected chi connectivity index (χ4v) is 8.20. The molecule has 0 spiro atoms. The van der Waals surface area contributed by atoms with Gasteiger partial charge in [0.15, 0.2) is 0 Å². The van der Waals surface area contributed by atoms with Crippen molar-refractivity contribution in [3.63, 3.8) is 0 Å². The molecule has 0 saturated heterocycles. The van der Waals surface area contributed by atoms with Gasteiger partial charge in [-0.25, -0.2) is 0 Å².